The van der Waals surface area contributed by atoms with Gasteiger partial charge in [0.2, 0.25) is 5.78 Å². The van der Waals surface area contributed by atoms with Gasteiger partial charge in [-0.05, 0) is 59.9 Å². The minimum atomic E-state index is -1.50. The standard InChI is InChI=1S/C30H22O10/c1-10-6-12-20(17(34)7-10)29(39)40-28-16(33)3-2-13-19-11(9-30(13,28)27(12)38)8-18(35)23-24(19)26(37)22-15(32)5-4-14(31)21(22)25(23)36/h2-8,13,16,27-28,31-35,38H,9H2,1H3. The molecule has 10 nitrogen and oxygen atoms in total. The SMILES string of the molecule is Cc1cc(O)c2c(c1)C(O)C13Cc4cc(O)c5c(c4C1C=CC(O)C3OC2=O)C(=O)c1c(O)ccc(O)c1C5=O. The Balaban J connectivity index is 1.52. The van der Waals surface area contributed by atoms with Gasteiger partial charge in [0.05, 0.1) is 28.2 Å². The maximum Gasteiger partial charge on any atom is 0.342 e. The lowest BCUT2D eigenvalue weighted by atomic mass is 9.61. The van der Waals surface area contributed by atoms with E-state index < -0.39 is 81.3 Å². The molecule has 7 rings (SSSR count). The van der Waals surface area contributed by atoms with Crippen molar-refractivity contribution < 1.29 is 49.8 Å². The van der Waals surface area contributed by atoms with Gasteiger partial charge in [0.15, 0.2) is 5.78 Å². The van der Waals surface area contributed by atoms with Gasteiger partial charge in [0.1, 0.15) is 40.8 Å². The fourth-order valence-corrected chi connectivity index (χ4v) is 7.20. The second-order valence-corrected chi connectivity index (χ2v) is 10.8. The van der Waals surface area contributed by atoms with Gasteiger partial charge in [-0.25, -0.2) is 4.79 Å². The van der Waals surface area contributed by atoms with Crippen molar-refractivity contribution in [3.8, 4) is 23.0 Å². The monoisotopic (exact) mass is 542 g/mol. The van der Waals surface area contributed by atoms with Gasteiger partial charge in [-0.15, -0.1) is 0 Å². The van der Waals surface area contributed by atoms with Crippen LogP contribution >= 0.6 is 0 Å². The van der Waals surface area contributed by atoms with Crippen LogP contribution in [0.5, 0.6) is 23.0 Å². The predicted molar refractivity (Wildman–Crippen MR) is 136 cm³/mol. The van der Waals surface area contributed by atoms with Crippen molar-refractivity contribution in [3.63, 3.8) is 0 Å². The summed E-state index contributed by atoms with van der Waals surface area (Å²) < 4.78 is 5.75. The summed E-state index contributed by atoms with van der Waals surface area (Å²) >= 11 is 0. The maximum absolute atomic E-state index is 13.9. The summed E-state index contributed by atoms with van der Waals surface area (Å²) in [4.78, 5) is 40.7. The van der Waals surface area contributed by atoms with Gasteiger partial charge in [-0.2, -0.15) is 0 Å². The number of phenols is 4. The Morgan fingerprint density at radius 3 is 2.05 bits per heavy atom. The molecule has 4 aliphatic rings. The Hall–Kier alpha value is -4.67. The zero-order valence-corrected chi connectivity index (χ0v) is 20.9. The normalized spacial score (nSPS) is 27.5. The van der Waals surface area contributed by atoms with Crippen LogP contribution in [0.3, 0.4) is 0 Å². The molecular formula is C30H22O10. The van der Waals surface area contributed by atoms with Crippen LogP contribution in [0, 0.1) is 12.3 Å². The highest BCUT2D eigenvalue weighted by Gasteiger charge is 2.63. The zero-order valence-electron chi connectivity index (χ0n) is 20.9. The molecule has 6 N–H and O–H groups in total. The van der Waals surface area contributed by atoms with Crippen LogP contribution in [-0.4, -0.2) is 60.4 Å². The lowest BCUT2D eigenvalue weighted by molar-refractivity contribution is -0.119. The van der Waals surface area contributed by atoms with Gasteiger partial charge >= 0.3 is 5.97 Å². The number of ketones is 2. The molecule has 3 aromatic carbocycles. The Labute approximate surface area is 226 Å². The summed E-state index contributed by atoms with van der Waals surface area (Å²) in [7, 11) is 0. The summed E-state index contributed by atoms with van der Waals surface area (Å²) in [5.74, 6) is -5.52. The molecule has 0 saturated heterocycles. The van der Waals surface area contributed by atoms with Crippen LogP contribution in [0.25, 0.3) is 0 Å². The fourth-order valence-electron chi connectivity index (χ4n) is 7.20. The second-order valence-electron chi connectivity index (χ2n) is 10.8. The molecule has 10 heteroatoms. The van der Waals surface area contributed by atoms with E-state index in [-0.39, 0.29) is 34.2 Å². The van der Waals surface area contributed by atoms with Crippen molar-refractivity contribution in [2.45, 2.75) is 37.6 Å². The van der Waals surface area contributed by atoms with Gasteiger partial charge < -0.3 is 35.4 Å². The highest BCUT2D eigenvalue weighted by atomic mass is 16.6. The van der Waals surface area contributed by atoms with E-state index in [2.05, 4.69) is 0 Å². The number of fused-ring (bicyclic) bond motifs is 6. The van der Waals surface area contributed by atoms with Crippen LogP contribution in [0.4, 0.5) is 0 Å². The molecule has 0 aromatic heterocycles. The van der Waals surface area contributed by atoms with E-state index in [1.165, 1.54) is 18.2 Å². The lowest BCUT2D eigenvalue weighted by Crippen LogP contribution is -2.52. The number of benzene rings is 3. The summed E-state index contributed by atoms with van der Waals surface area (Å²) in [5, 5.41) is 65.5. The Morgan fingerprint density at radius 2 is 1.38 bits per heavy atom. The van der Waals surface area contributed by atoms with Crippen molar-refractivity contribution >= 4 is 17.5 Å². The largest absolute Gasteiger partial charge is 0.507 e. The van der Waals surface area contributed by atoms with Crippen LogP contribution in [-0.2, 0) is 11.2 Å². The quantitative estimate of drug-likeness (QED) is 0.110. The number of carbonyl (C=O) groups excluding carboxylic acids is 3. The summed E-state index contributed by atoms with van der Waals surface area (Å²) in [6.45, 7) is 1.67. The number of aliphatic hydroxyl groups excluding tert-OH is 2. The zero-order chi connectivity index (χ0) is 28.4. The molecule has 0 fully saturated rings. The number of rotatable bonds is 0. The molecule has 3 aromatic rings. The first-order valence-corrected chi connectivity index (χ1v) is 12.6. The minimum absolute atomic E-state index is 0.0805. The van der Waals surface area contributed by atoms with Crippen LogP contribution in [0.1, 0.15) is 76.5 Å². The molecule has 0 saturated carbocycles. The van der Waals surface area contributed by atoms with E-state index in [1.807, 2.05) is 0 Å². The first-order chi connectivity index (χ1) is 19.0. The summed E-state index contributed by atoms with van der Waals surface area (Å²) in [6.07, 6.45) is -1.33. The molecule has 0 amide bonds. The molecule has 3 aliphatic carbocycles. The Morgan fingerprint density at radius 1 is 0.775 bits per heavy atom. The van der Waals surface area contributed by atoms with E-state index in [4.69, 9.17) is 4.74 Å². The van der Waals surface area contributed by atoms with Crippen molar-refractivity contribution in [1.29, 1.82) is 0 Å². The number of phenolic OH excluding ortho intramolecular Hbond substituents is 4. The van der Waals surface area contributed by atoms with Gasteiger partial charge in [-0.3, -0.25) is 9.59 Å². The van der Waals surface area contributed by atoms with Gasteiger partial charge in [0, 0.05) is 11.5 Å². The number of aliphatic hydroxyl groups is 2. The number of aromatic hydroxyl groups is 4. The van der Waals surface area contributed by atoms with E-state index >= 15 is 0 Å². The third kappa shape index (κ3) is 2.76. The molecule has 0 radical (unpaired) electrons. The number of carbonyl (C=O) groups is 3. The van der Waals surface area contributed by atoms with Crippen LogP contribution < -0.4 is 0 Å². The summed E-state index contributed by atoms with van der Waals surface area (Å²) in [5.41, 5.74) is -1.88. The van der Waals surface area contributed by atoms with Crippen LogP contribution in [0.2, 0.25) is 0 Å². The summed E-state index contributed by atoms with van der Waals surface area (Å²) in [6, 6.07) is 6.35. The molecule has 1 heterocycles. The van der Waals surface area contributed by atoms with E-state index in [0.29, 0.717) is 11.1 Å². The first kappa shape index (κ1) is 24.4. The average molecular weight is 542 g/mol. The third-order valence-corrected chi connectivity index (χ3v) is 8.76. The van der Waals surface area contributed by atoms with Crippen molar-refractivity contribution in [1.82, 2.24) is 0 Å². The predicted octanol–water partition coefficient (Wildman–Crippen LogP) is 2.42. The third-order valence-electron chi connectivity index (χ3n) is 8.76. The molecule has 202 valence electrons. The van der Waals surface area contributed by atoms with Crippen molar-refractivity contribution in [3.05, 3.63) is 92.6 Å². The number of aryl methyl sites for hydroxylation is 1. The Bertz CT molecular complexity index is 1770. The number of allylic oxidation sites excluding steroid dienone is 1. The average Bonchev–Trinajstić information content (AvgIpc) is 3.18. The topological polar surface area (TPSA) is 182 Å². The smallest absolute Gasteiger partial charge is 0.342 e. The number of esters is 1. The molecule has 1 aliphatic heterocycles. The Kier molecular flexibility index (Phi) is 4.70. The number of hydrogen-bond donors (Lipinski definition) is 6. The maximum atomic E-state index is 13.9. The second kappa shape index (κ2) is 7.71. The highest BCUT2D eigenvalue weighted by Crippen LogP contribution is 2.63. The molecule has 5 unspecified atom stereocenters. The first-order valence-electron chi connectivity index (χ1n) is 12.6. The number of ether oxygens (including phenoxy) is 1. The lowest BCUT2D eigenvalue weighted by Gasteiger charge is -2.46. The van der Waals surface area contributed by atoms with E-state index in [9.17, 15) is 45.0 Å². The number of hydrogen-bond acceptors (Lipinski definition) is 10. The minimum Gasteiger partial charge on any atom is -0.507 e. The molecule has 40 heavy (non-hydrogen) atoms. The van der Waals surface area contributed by atoms with E-state index in [1.54, 1.807) is 19.1 Å². The molecule has 0 bridgehead atoms. The highest BCUT2D eigenvalue weighted by molar-refractivity contribution is 6.31. The molecule has 1 spiro atoms. The van der Waals surface area contributed by atoms with Crippen LogP contribution in [0.15, 0.2) is 42.5 Å². The molecular weight excluding hydrogens is 520 g/mol. The fraction of sp³-hybridized carbons (Fsp3) is 0.233. The van der Waals surface area contributed by atoms with Crippen molar-refractivity contribution in [2.24, 2.45) is 5.41 Å². The van der Waals surface area contributed by atoms with Crippen molar-refractivity contribution in [2.75, 3.05) is 0 Å². The van der Waals surface area contributed by atoms with E-state index in [0.717, 1.165) is 12.1 Å². The molecule has 5 atom stereocenters. The van der Waals surface area contributed by atoms with Gasteiger partial charge in [-0.1, -0.05) is 18.2 Å². The van der Waals surface area contributed by atoms with Gasteiger partial charge in [0.25, 0.3) is 0 Å².